The van der Waals surface area contributed by atoms with Crippen molar-refractivity contribution in [2.45, 2.75) is 18.7 Å². The van der Waals surface area contributed by atoms with Crippen LogP contribution in [0.25, 0.3) is 0 Å². The number of rotatable bonds is 0. The molecule has 22 heavy (non-hydrogen) atoms. The summed E-state index contributed by atoms with van der Waals surface area (Å²) >= 11 is 0. The topological polar surface area (TPSA) is 23.5 Å². The third-order valence-electron chi connectivity index (χ3n) is 6.30. The first-order chi connectivity index (χ1) is 10.2. The van der Waals surface area contributed by atoms with E-state index in [-0.39, 0.29) is 0 Å². The highest BCUT2D eigenvalue weighted by atomic mass is 16.3. The minimum absolute atomic E-state index is 0.336. The van der Waals surface area contributed by atoms with Crippen LogP contribution in [0.15, 0.2) is 22.4 Å². The molecule has 1 N–H and O–H groups in total. The number of hydrogen-bond acceptors (Lipinski definition) is 2. The van der Waals surface area contributed by atoms with Crippen LogP contribution in [0.4, 0.5) is 5.69 Å². The summed E-state index contributed by atoms with van der Waals surface area (Å²) in [6.07, 6.45) is 0. The number of nitrogens with zero attached hydrogens (tertiary/aromatic N) is 1. The van der Waals surface area contributed by atoms with Crippen LogP contribution >= 0.6 is 0 Å². The lowest BCUT2D eigenvalue weighted by Gasteiger charge is -2.32. The Morgan fingerprint density at radius 2 is 1.59 bits per heavy atom. The first kappa shape index (κ1) is 15.6. The van der Waals surface area contributed by atoms with Crippen molar-refractivity contribution in [3.05, 3.63) is 33.5 Å². The molecule has 2 aliphatic rings. The fraction of sp³-hybridized carbons (Fsp3) is 0.286. The third-order valence-corrected chi connectivity index (χ3v) is 6.30. The second-order valence-corrected chi connectivity index (χ2v) is 7.13. The summed E-state index contributed by atoms with van der Waals surface area (Å²) in [5.74, 6) is 1.19. The number of aliphatic hydroxyl groups is 1. The van der Waals surface area contributed by atoms with Gasteiger partial charge in [-0.3, -0.25) is 0 Å². The van der Waals surface area contributed by atoms with Crippen molar-refractivity contribution in [2.24, 2.45) is 0 Å². The number of hydrogen-bond donors (Lipinski definition) is 1. The van der Waals surface area contributed by atoms with E-state index in [9.17, 15) is 5.11 Å². The maximum absolute atomic E-state index is 10.5. The number of anilines is 1. The van der Waals surface area contributed by atoms with E-state index in [4.69, 9.17) is 0 Å². The third kappa shape index (κ3) is 1.70. The van der Waals surface area contributed by atoms with Crippen molar-refractivity contribution < 1.29 is 5.11 Å². The highest BCUT2D eigenvalue weighted by molar-refractivity contribution is 6.58. The van der Waals surface area contributed by atoms with Gasteiger partial charge in [0.2, 0.25) is 0 Å². The average molecular weight is 284 g/mol. The lowest BCUT2D eigenvalue weighted by molar-refractivity contribution is 0.417. The molecule has 0 amide bonds. The Kier molecular flexibility index (Phi) is 3.43. The normalized spacial score (nSPS) is 23.8. The van der Waals surface area contributed by atoms with E-state index >= 15 is 0 Å². The summed E-state index contributed by atoms with van der Waals surface area (Å²) in [6, 6.07) is 0. The van der Waals surface area contributed by atoms with Crippen LogP contribution in [-0.2, 0) is 0 Å². The zero-order valence-corrected chi connectivity index (χ0v) is 15.0. The van der Waals surface area contributed by atoms with Crippen molar-refractivity contribution in [1.82, 2.24) is 0 Å². The van der Waals surface area contributed by atoms with Gasteiger partial charge in [-0.25, -0.2) is 0 Å². The van der Waals surface area contributed by atoms with E-state index in [1.165, 1.54) is 38.9 Å². The fourth-order valence-electron chi connectivity index (χ4n) is 4.45. The second-order valence-electron chi connectivity index (χ2n) is 7.13. The maximum Gasteiger partial charge on any atom is 0.146 e. The Morgan fingerprint density at radius 1 is 1.00 bits per heavy atom. The highest BCUT2D eigenvalue weighted by Gasteiger charge is 2.42. The molecule has 8 heteroatoms. The predicted molar refractivity (Wildman–Crippen MR) is 113 cm³/mol. The lowest BCUT2D eigenvalue weighted by atomic mass is 9.56. The van der Waals surface area contributed by atoms with E-state index in [0.717, 1.165) is 10.9 Å². The molecule has 2 atom stereocenters. The number of aliphatic hydroxyl groups excluding tert-OH is 1. The first-order valence-corrected chi connectivity index (χ1v) is 8.14. The van der Waals surface area contributed by atoms with Gasteiger partial charge < -0.3 is 10.0 Å². The van der Waals surface area contributed by atoms with Gasteiger partial charge in [-0.15, -0.1) is 5.46 Å². The van der Waals surface area contributed by atoms with Crippen molar-refractivity contribution in [1.29, 1.82) is 0 Å². The number of fused-ring (bicyclic) bond motifs is 3. The molecule has 1 aliphatic heterocycles. The summed E-state index contributed by atoms with van der Waals surface area (Å²) in [6.45, 7) is 2.23. The number of benzene rings is 1. The van der Waals surface area contributed by atoms with Crippen molar-refractivity contribution in [2.75, 3.05) is 11.9 Å². The monoisotopic (exact) mass is 285 g/mol. The van der Waals surface area contributed by atoms with Crippen LogP contribution in [0.1, 0.15) is 17.0 Å². The molecule has 0 radical (unpaired) electrons. The molecule has 1 aliphatic carbocycles. The van der Waals surface area contributed by atoms with Gasteiger partial charge in [0.25, 0.3) is 0 Å². The Morgan fingerprint density at radius 3 is 2.18 bits per heavy atom. The molecule has 1 aromatic rings. The average Bonchev–Trinajstić information content (AvgIpc) is 2.80. The maximum atomic E-state index is 10.5. The largest absolute Gasteiger partial charge is 0.509 e. The van der Waals surface area contributed by atoms with E-state index in [0.29, 0.717) is 17.5 Å². The van der Waals surface area contributed by atoms with Crippen LogP contribution < -0.4 is 21.3 Å². The van der Waals surface area contributed by atoms with Crippen molar-refractivity contribution in [3.8, 4) is 0 Å². The minimum Gasteiger partial charge on any atom is -0.509 e. The Bertz CT molecular complexity index is 769. The van der Waals surface area contributed by atoms with Crippen LogP contribution in [0.3, 0.4) is 0 Å². The Balaban J connectivity index is 2.40. The van der Waals surface area contributed by atoms with Crippen molar-refractivity contribution >= 4 is 69.2 Å². The molecule has 1 aromatic carbocycles. The fourth-order valence-corrected chi connectivity index (χ4v) is 4.45. The van der Waals surface area contributed by atoms with E-state index in [1.807, 2.05) is 0 Å². The first-order valence-electron chi connectivity index (χ1n) is 8.14. The Labute approximate surface area is 138 Å². The van der Waals surface area contributed by atoms with Crippen LogP contribution in [-0.4, -0.2) is 59.2 Å². The standard InChI is InChI=1S/C14H21B6NO/c1-3-6(15)9(18)7(16)4-5-8(17)10(19)14(22)11(20)13(5)21(2)12(3)4/h5,8,22H,15-20H2,1-2H3. The van der Waals surface area contributed by atoms with E-state index in [1.54, 1.807) is 0 Å². The summed E-state index contributed by atoms with van der Waals surface area (Å²) < 4.78 is 0. The SMILES string of the molecule is BC1=C2C(c3c(B)c(B)c(B)c(C)c3N2C)C(B)C(B)=C1O. The number of likely N-dealkylation sites (N-methyl/N-ethyl adjacent to an activating group) is 1. The zero-order chi connectivity index (χ0) is 16.5. The summed E-state index contributed by atoms with van der Waals surface area (Å²) in [7, 11) is 15.2. The molecular formula is C14H21B6NO. The number of allylic oxidation sites excluding steroid dienone is 3. The molecular weight excluding hydrogens is 263 g/mol. The van der Waals surface area contributed by atoms with Crippen LogP contribution in [0.5, 0.6) is 0 Å². The molecule has 3 rings (SSSR count). The second kappa shape index (κ2) is 4.84. The zero-order valence-electron chi connectivity index (χ0n) is 15.0. The summed E-state index contributed by atoms with van der Waals surface area (Å²) in [5, 5.41) is 10.5. The van der Waals surface area contributed by atoms with Gasteiger partial charge in [-0.05, 0) is 29.3 Å². The van der Waals surface area contributed by atoms with Crippen LogP contribution in [0, 0.1) is 6.92 Å². The Hall–Kier alpha value is -1.31. The molecule has 0 bridgehead atoms. The van der Waals surface area contributed by atoms with E-state index in [2.05, 4.69) is 65.9 Å². The van der Waals surface area contributed by atoms with Gasteiger partial charge in [0.05, 0.1) is 5.76 Å². The molecule has 2 nitrogen and oxygen atoms in total. The van der Waals surface area contributed by atoms with Crippen LogP contribution in [0.2, 0.25) is 5.82 Å². The van der Waals surface area contributed by atoms with Gasteiger partial charge in [0.1, 0.15) is 47.1 Å². The van der Waals surface area contributed by atoms with Gasteiger partial charge in [-0.2, -0.15) is 0 Å². The lowest BCUT2D eigenvalue weighted by Crippen LogP contribution is -2.43. The molecule has 0 fully saturated rings. The molecule has 0 saturated heterocycles. The molecule has 2 unspecified atom stereocenters. The predicted octanol–water partition coefficient (Wildman–Crippen LogP) is -5.01. The quantitative estimate of drug-likeness (QED) is 0.482. The smallest absolute Gasteiger partial charge is 0.146 e. The molecule has 1 heterocycles. The summed E-state index contributed by atoms with van der Waals surface area (Å²) in [5.41, 5.74) is 11.8. The molecule has 0 spiro atoms. The van der Waals surface area contributed by atoms with Gasteiger partial charge in [-0.1, -0.05) is 16.4 Å². The summed E-state index contributed by atoms with van der Waals surface area (Å²) in [4.78, 5) is 2.32. The highest BCUT2D eigenvalue weighted by Crippen LogP contribution is 2.53. The van der Waals surface area contributed by atoms with Gasteiger partial charge in [0.15, 0.2) is 0 Å². The molecule has 0 aromatic heterocycles. The van der Waals surface area contributed by atoms with Crippen molar-refractivity contribution in [3.63, 3.8) is 0 Å². The van der Waals surface area contributed by atoms with Gasteiger partial charge >= 0.3 is 0 Å². The van der Waals surface area contributed by atoms with Gasteiger partial charge in [0, 0.05) is 24.4 Å². The molecule has 0 saturated carbocycles. The molecule has 106 valence electrons. The minimum atomic E-state index is 0.336. The van der Waals surface area contributed by atoms with E-state index < -0.39 is 0 Å².